The summed E-state index contributed by atoms with van der Waals surface area (Å²) in [4.78, 5) is 29.8. The lowest BCUT2D eigenvalue weighted by atomic mass is 10.2. The van der Waals surface area contributed by atoms with Crippen LogP contribution in [0.15, 0.2) is 58.5 Å². The zero-order chi connectivity index (χ0) is 20.8. The molecule has 0 saturated carbocycles. The molecule has 8 heteroatoms. The van der Waals surface area contributed by atoms with Crippen LogP contribution in [0.1, 0.15) is 18.5 Å². The van der Waals surface area contributed by atoms with Gasteiger partial charge in [-0.1, -0.05) is 36.0 Å². The van der Waals surface area contributed by atoms with Gasteiger partial charge in [-0.05, 0) is 36.8 Å². The fourth-order valence-electron chi connectivity index (χ4n) is 2.92. The van der Waals surface area contributed by atoms with Crippen LogP contribution in [-0.2, 0) is 16.1 Å². The van der Waals surface area contributed by atoms with E-state index >= 15 is 0 Å². The highest BCUT2D eigenvalue weighted by molar-refractivity contribution is 7.99. The van der Waals surface area contributed by atoms with Crippen molar-refractivity contribution in [3.05, 3.63) is 70.3 Å². The number of aromatic nitrogens is 2. The average Bonchev–Trinajstić information content (AvgIpc) is 2.72. The molecular weight excluding hydrogens is 393 g/mol. The third kappa shape index (κ3) is 5.21. The number of carbonyl (C=O) groups is 1. The summed E-state index contributed by atoms with van der Waals surface area (Å²) < 4.78 is 19.7. The number of rotatable bonds is 8. The Labute approximate surface area is 172 Å². The summed E-state index contributed by atoms with van der Waals surface area (Å²) in [5.41, 5.74) is 1.24. The standard InChI is InChI=1S/C21H22FN3O3S/c1-14(12-28-2)25-20(27)17-5-3-4-6-18(17)24-21(25)29-13-19(26)23-11-15-7-9-16(22)10-8-15/h3-10,14H,11-13H2,1-2H3,(H,23,26)/t14-/m0/s1. The lowest BCUT2D eigenvalue weighted by molar-refractivity contribution is -0.118. The molecule has 0 aliphatic carbocycles. The van der Waals surface area contributed by atoms with Crippen LogP contribution in [0.2, 0.25) is 0 Å². The third-order valence-electron chi connectivity index (χ3n) is 4.36. The lowest BCUT2D eigenvalue weighted by Crippen LogP contribution is -2.29. The summed E-state index contributed by atoms with van der Waals surface area (Å²) in [5.74, 6) is -0.417. The van der Waals surface area contributed by atoms with Gasteiger partial charge in [0.1, 0.15) is 5.82 Å². The maximum atomic E-state index is 13.0. The Morgan fingerprint density at radius 2 is 1.97 bits per heavy atom. The highest BCUT2D eigenvalue weighted by Crippen LogP contribution is 2.21. The third-order valence-corrected chi connectivity index (χ3v) is 5.31. The Bertz CT molecular complexity index is 1050. The number of nitrogens with zero attached hydrogens (tertiary/aromatic N) is 2. The zero-order valence-corrected chi connectivity index (χ0v) is 17.0. The highest BCUT2D eigenvalue weighted by atomic mass is 32.2. The molecule has 3 rings (SSSR count). The number of hydrogen-bond donors (Lipinski definition) is 1. The number of fused-ring (bicyclic) bond motifs is 1. The van der Waals surface area contributed by atoms with Crippen molar-refractivity contribution in [2.24, 2.45) is 0 Å². The molecule has 152 valence electrons. The minimum Gasteiger partial charge on any atom is -0.383 e. The number of para-hydroxylation sites is 1. The van der Waals surface area contributed by atoms with E-state index in [-0.39, 0.29) is 29.1 Å². The van der Waals surface area contributed by atoms with Crippen molar-refractivity contribution in [1.82, 2.24) is 14.9 Å². The van der Waals surface area contributed by atoms with E-state index < -0.39 is 0 Å². The molecule has 1 heterocycles. The highest BCUT2D eigenvalue weighted by Gasteiger charge is 2.17. The predicted octanol–water partition coefficient (Wildman–Crippen LogP) is 3.15. The molecular formula is C21H22FN3O3S. The fourth-order valence-corrected chi connectivity index (χ4v) is 3.84. The number of amides is 1. The molecule has 6 nitrogen and oxygen atoms in total. The van der Waals surface area contributed by atoms with Crippen molar-refractivity contribution < 1.29 is 13.9 Å². The zero-order valence-electron chi connectivity index (χ0n) is 16.2. The van der Waals surface area contributed by atoms with Gasteiger partial charge in [0.2, 0.25) is 5.91 Å². The molecule has 1 N–H and O–H groups in total. The first-order valence-electron chi connectivity index (χ1n) is 9.13. The van der Waals surface area contributed by atoms with Crippen LogP contribution in [0.3, 0.4) is 0 Å². The largest absolute Gasteiger partial charge is 0.383 e. The number of benzene rings is 2. The number of methoxy groups -OCH3 is 1. The van der Waals surface area contributed by atoms with Gasteiger partial charge in [0.15, 0.2) is 5.16 Å². The monoisotopic (exact) mass is 415 g/mol. The summed E-state index contributed by atoms with van der Waals surface area (Å²) in [5, 5.41) is 3.79. The first kappa shape index (κ1) is 21.0. The summed E-state index contributed by atoms with van der Waals surface area (Å²) in [6.07, 6.45) is 0. The van der Waals surface area contributed by atoms with E-state index in [4.69, 9.17) is 4.74 Å². The van der Waals surface area contributed by atoms with Crippen LogP contribution in [0.25, 0.3) is 10.9 Å². The number of hydrogen-bond acceptors (Lipinski definition) is 5. The van der Waals surface area contributed by atoms with Gasteiger partial charge >= 0.3 is 0 Å². The minimum atomic E-state index is -0.318. The van der Waals surface area contributed by atoms with Gasteiger partial charge in [-0.25, -0.2) is 9.37 Å². The van der Waals surface area contributed by atoms with Crippen molar-refractivity contribution in [2.75, 3.05) is 19.5 Å². The Kier molecular flexibility index (Phi) is 7.00. The molecule has 1 amide bonds. The SMILES string of the molecule is COC[C@H](C)n1c(SCC(=O)NCc2ccc(F)cc2)nc2ccccc2c1=O. The van der Waals surface area contributed by atoms with E-state index in [1.54, 1.807) is 42.0 Å². The smallest absolute Gasteiger partial charge is 0.262 e. The molecule has 1 aromatic heterocycles. The minimum absolute atomic E-state index is 0.103. The van der Waals surface area contributed by atoms with Crippen LogP contribution in [0.4, 0.5) is 4.39 Å². The molecule has 3 aromatic rings. The normalized spacial score (nSPS) is 12.1. The van der Waals surface area contributed by atoms with Gasteiger partial charge in [0.05, 0.1) is 29.3 Å². The van der Waals surface area contributed by atoms with Gasteiger partial charge in [-0.2, -0.15) is 0 Å². The quantitative estimate of drug-likeness (QED) is 0.452. The van der Waals surface area contributed by atoms with Crippen LogP contribution in [0.5, 0.6) is 0 Å². The lowest BCUT2D eigenvalue weighted by Gasteiger charge is -2.18. The Morgan fingerprint density at radius 3 is 2.69 bits per heavy atom. The Balaban J connectivity index is 1.75. The number of ether oxygens (including phenoxy) is 1. The van der Waals surface area contributed by atoms with E-state index in [9.17, 15) is 14.0 Å². The molecule has 0 saturated heterocycles. The second kappa shape index (κ2) is 9.67. The van der Waals surface area contributed by atoms with Gasteiger partial charge < -0.3 is 10.1 Å². The van der Waals surface area contributed by atoms with Gasteiger partial charge in [0.25, 0.3) is 5.56 Å². The summed E-state index contributed by atoms with van der Waals surface area (Å²) >= 11 is 1.20. The van der Waals surface area contributed by atoms with Crippen molar-refractivity contribution in [2.45, 2.75) is 24.7 Å². The van der Waals surface area contributed by atoms with Crippen molar-refractivity contribution in [1.29, 1.82) is 0 Å². The first-order valence-corrected chi connectivity index (χ1v) is 10.1. The molecule has 0 spiro atoms. The van der Waals surface area contributed by atoms with Crippen LogP contribution in [-0.4, -0.2) is 34.9 Å². The summed E-state index contributed by atoms with van der Waals surface area (Å²) in [7, 11) is 1.58. The maximum Gasteiger partial charge on any atom is 0.262 e. The molecule has 0 fully saturated rings. The number of nitrogens with one attached hydrogen (secondary N) is 1. The van der Waals surface area contributed by atoms with Crippen molar-refractivity contribution in [3.63, 3.8) is 0 Å². The number of thioether (sulfide) groups is 1. The molecule has 0 aliphatic heterocycles. The molecule has 0 radical (unpaired) electrons. The van der Waals surface area contributed by atoms with E-state index in [2.05, 4.69) is 10.3 Å². The van der Waals surface area contributed by atoms with Crippen LogP contribution < -0.4 is 10.9 Å². The van der Waals surface area contributed by atoms with E-state index in [1.165, 1.54) is 23.9 Å². The van der Waals surface area contributed by atoms with Crippen LogP contribution >= 0.6 is 11.8 Å². The van der Waals surface area contributed by atoms with E-state index in [0.29, 0.717) is 29.2 Å². The molecule has 2 aromatic carbocycles. The van der Waals surface area contributed by atoms with Gasteiger partial charge in [0, 0.05) is 13.7 Å². The van der Waals surface area contributed by atoms with E-state index in [1.807, 2.05) is 13.0 Å². The molecule has 0 unspecified atom stereocenters. The van der Waals surface area contributed by atoms with E-state index in [0.717, 1.165) is 5.56 Å². The van der Waals surface area contributed by atoms with Gasteiger partial charge in [-0.15, -0.1) is 0 Å². The van der Waals surface area contributed by atoms with Gasteiger partial charge in [-0.3, -0.25) is 14.2 Å². The maximum absolute atomic E-state index is 13.0. The topological polar surface area (TPSA) is 73.2 Å². The number of carbonyl (C=O) groups excluding carboxylic acids is 1. The predicted molar refractivity (Wildman–Crippen MR) is 112 cm³/mol. The van der Waals surface area contributed by atoms with Crippen molar-refractivity contribution >= 4 is 28.6 Å². The molecule has 0 bridgehead atoms. The average molecular weight is 415 g/mol. The molecule has 29 heavy (non-hydrogen) atoms. The molecule has 0 aliphatic rings. The Morgan fingerprint density at radius 1 is 1.24 bits per heavy atom. The number of halogens is 1. The summed E-state index contributed by atoms with van der Waals surface area (Å²) in [6, 6.07) is 12.9. The second-order valence-electron chi connectivity index (χ2n) is 6.58. The van der Waals surface area contributed by atoms with Crippen LogP contribution in [0, 0.1) is 5.82 Å². The summed E-state index contributed by atoms with van der Waals surface area (Å²) in [6.45, 7) is 2.53. The molecule has 1 atom stereocenters. The van der Waals surface area contributed by atoms with Crippen molar-refractivity contribution in [3.8, 4) is 0 Å². The second-order valence-corrected chi connectivity index (χ2v) is 7.53. The fraction of sp³-hybridized carbons (Fsp3) is 0.286. The first-order chi connectivity index (χ1) is 14.0. The Hall–Kier alpha value is -2.71.